The van der Waals surface area contributed by atoms with Gasteiger partial charge in [0.15, 0.2) is 0 Å². The Labute approximate surface area is 125 Å². The van der Waals surface area contributed by atoms with Crippen molar-refractivity contribution in [2.24, 2.45) is 4.99 Å². The van der Waals surface area contributed by atoms with E-state index in [1.807, 2.05) is 0 Å². The van der Waals surface area contributed by atoms with Crippen molar-refractivity contribution in [3.05, 3.63) is 17.7 Å². The topological polar surface area (TPSA) is 150 Å². The molecule has 118 valence electrons. The fourth-order valence-corrected chi connectivity index (χ4v) is 2.97. The molecule has 0 aliphatic carbocycles. The first-order valence-corrected chi connectivity index (χ1v) is 7.50. The zero-order chi connectivity index (χ0) is 16.7. The van der Waals surface area contributed by atoms with Gasteiger partial charge in [-0.1, -0.05) is 0 Å². The summed E-state index contributed by atoms with van der Waals surface area (Å²) in [6.07, 6.45) is 0. The zero-order valence-corrected chi connectivity index (χ0v) is 12.3. The van der Waals surface area contributed by atoms with E-state index < -0.39 is 26.9 Å². The fourth-order valence-electron chi connectivity index (χ4n) is 2.20. The summed E-state index contributed by atoms with van der Waals surface area (Å²) < 4.78 is 32.0. The minimum Gasteiger partial charge on any atom is -0.477 e. The number of nitrogen functional groups attached to an aromatic ring is 1. The highest BCUT2D eigenvalue weighted by Crippen LogP contribution is 2.30. The van der Waals surface area contributed by atoms with Gasteiger partial charge in [-0.15, -0.1) is 0 Å². The van der Waals surface area contributed by atoms with Gasteiger partial charge in [0.25, 0.3) is 16.0 Å². The van der Waals surface area contributed by atoms with Gasteiger partial charge in [0.2, 0.25) is 0 Å². The molecule has 22 heavy (non-hydrogen) atoms. The van der Waals surface area contributed by atoms with E-state index in [0.717, 1.165) is 6.07 Å². The molecule has 1 heterocycles. The Kier molecular flexibility index (Phi) is 3.90. The molecule has 1 aromatic carbocycles. The summed E-state index contributed by atoms with van der Waals surface area (Å²) in [5.41, 5.74) is 5.74. The van der Waals surface area contributed by atoms with E-state index in [-0.39, 0.29) is 35.7 Å². The van der Waals surface area contributed by atoms with E-state index in [2.05, 4.69) is 4.99 Å². The summed E-state index contributed by atoms with van der Waals surface area (Å²) in [6, 6.07) is 2.49. The Morgan fingerprint density at radius 1 is 1.36 bits per heavy atom. The third-order valence-corrected chi connectivity index (χ3v) is 4.13. The largest absolute Gasteiger partial charge is 0.477 e. The molecular formula is C12H13N3O6S. The molecule has 0 radical (unpaired) electrons. The number of nitrogens with two attached hydrogens (primary N) is 1. The minimum absolute atomic E-state index is 0.0556. The lowest BCUT2D eigenvalue weighted by atomic mass is 10.1. The number of rotatable bonds is 3. The SMILES string of the molecule is Cc1c(N2CC(=O)N=C(C(=O)O)C2)cc(N)cc1S(=O)(=O)O. The van der Waals surface area contributed by atoms with Crippen LogP contribution in [0, 0.1) is 6.92 Å². The molecule has 1 aliphatic rings. The molecule has 1 amide bonds. The second-order valence-corrected chi connectivity index (χ2v) is 6.14. The third-order valence-electron chi connectivity index (χ3n) is 3.15. The number of aliphatic imine (C=N–C) groups is 1. The maximum absolute atomic E-state index is 11.5. The quantitative estimate of drug-likeness (QED) is 0.505. The number of nitrogens with zero attached hydrogens (tertiary/aromatic N) is 2. The molecule has 0 bridgehead atoms. The van der Waals surface area contributed by atoms with Crippen LogP contribution in [0.3, 0.4) is 0 Å². The summed E-state index contributed by atoms with van der Waals surface area (Å²) >= 11 is 0. The van der Waals surface area contributed by atoms with E-state index in [1.165, 1.54) is 17.9 Å². The minimum atomic E-state index is -4.50. The first kappa shape index (κ1) is 15.9. The fraction of sp³-hybridized carbons (Fsp3) is 0.250. The lowest BCUT2D eigenvalue weighted by Gasteiger charge is -2.28. The Balaban J connectivity index is 2.55. The third kappa shape index (κ3) is 3.07. The van der Waals surface area contributed by atoms with Crippen LogP contribution in [-0.2, 0) is 19.7 Å². The van der Waals surface area contributed by atoms with Crippen molar-refractivity contribution in [2.45, 2.75) is 11.8 Å². The van der Waals surface area contributed by atoms with Gasteiger partial charge in [0, 0.05) is 11.4 Å². The average molecular weight is 327 g/mol. The molecule has 0 atom stereocenters. The van der Waals surface area contributed by atoms with Crippen molar-refractivity contribution in [1.82, 2.24) is 0 Å². The number of carboxylic acids is 1. The van der Waals surface area contributed by atoms with E-state index in [1.54, 1.807) is 0 Å². The van der Waals surface area contributed by atoms with Crippen LogP contribution in [0.4, 0.5) is 11.4 Å². The number of carbonyl (C=O) groups is 2. The van der Waals surface area contributed by atoms with Crippen molar-refractivity contribution in [2.75, 3.05) is 23.7 Å². The predicted octanol–water partition coefficient (Wildman–Crippen LogP) is -0.304. The van der Waals surface area contributed by atoms with E-state index in [0.29, 0.717) is 0 Å². The molecular weight excluding hydrogens is 314 g/mol. The van der Waals surface area contributed by atoms with Crippen molar-refractivity contribution in [3.8, 4) is 0 Å². The van der Waals surface area contributed by atoms with Crippen molar-refractivity contribution in [1.29, 1.82) is 0 Å². The highest BCUT2D eigenvalue weighted by molar-refractivity contribution is 7.85. The van der Waals surface area contributed by atoms with E-state index >= 15 is 0 Å². The Morgan fingerprint density at radius 3 is 2.55 bits per heavy atom. The predicted molar refractivity (Wildman–Crippen MR) is 77.7 cm³/mol. The van der Waals surface area contributed by atoms with Crippen LogP contribution in [0.1, 0.15) is 5.56 Å². The van der Waals surface area contributed by atoms with Crippen LogP contribution in [0.25, 0.3) is 0 Å². The van der Waals surface area contributed by atoms with Crippen LogP contribution < -0.4 is 10.6 Å². The summed E-state index contributed by atoms with van der Waals surface area (Å²) in [7, 11) is -4.50. The van der Waals surface area contributed by atoms with Gasteiger partial charge in [-0.05, 0) is 24.6 Å². The highest BCUT2D eigenvalue weighted by atomic mass is 32.2. The van der Waals surface area contributed by atoms with E-state index in [9.17, 15) is 22.6 Å². The molecule has 2 rings (SSSR count). The number of benzene rings is 1. The molecule has 0 unspecified atom stereocenters. The summed E-state index contributed by atoms with van der Waals surface area (Å²) in [5.74, 6) is -2.01. The standard InChI is InChI=1S/C12H13N3O6S/c1-6-9(2-7(13)3-10(6)22(19,20)21)15-4-8(12(17)18)14-11(16)5-15/h2-3H,4-5,13H2,1H3,(H,17,18)(H,19,20,21). The zero-order valence-electron chi connectivity index (χ0n) is 11.5. The highest BCUT2D eigenvalue weighted by Gasteiger charge is 2.27. The lowest BCUT2D eigenvalue weighted by molar-refractivity contribution is -0.130. The second kappa shape index (κ2) is 5.39. The Morgan fingerprint density at radius 2 is 2.00 bits per heavy atom. The van der Waals surface area contributed by atoms with Crippen molar-refractivity contribution >= 4 is 39.1 Å². The number of hydrogen-bond acceptors (Lipinski definition) is 6. The van der Waals surface area contributed by atoms with Crippen molar-refractivity contribution < 1.29 is 27.7 Å². The molecule has 1 aromatic rings. The molecule has 0 spiro atoms. The van der Waals surface area contributed by atoms with E-state index in [4.69, 9.17) is 10.8 Å². The number of amides is 1. The molecule has 0 fully saturated rings. The lowest BCUT2D eigenvalue weighted by Crippen LogP contribution is -2.42. The van der Waals surface area contributed by atoms with Gasteiger partial charge in [0.1, 0.15) is 10.6 Å². The number of hydrogen-bond donors (Lipinski definition) is 3. The van der Waals surface area contributed by atoms with Gasteiger partial charge in [-0.2, -0.15) is 8.42 Å². The maximum atomic E-state index is 11.5. The second-order valence-electron chi connectivity index (χ2n) is 4.75. The number of anilines is 2. The summed E-state index contributed by atoms with van der Waals surface area (Å²) in [6.45, 7) is 1.02. The van der Waals surface area contributed by atoms with Crippen molar-refractivity contribution in [3.63, 3.8) is 0 Å². The molecule has 4 N–H and O–H groups in total. The van der Waals surface area contributed by atoms with Gasteiger partial charge in [0.05, 0.1) is 13.1 Å². The normalized spacial score (nSPS) is 15.6. The first-order chi connectivity index (χ1) is 10.1. The van der Waals surface area contributed by atoms with Gasteiger partial charge < -0.3 is 15.7 Å². The van der Waals surface area contributed by atoms with Crippen LogP contribution in [0.5, 0.6) is 0 Å². The average Bonchev–Trinajstić information content (AvgIpc) is 2.39. The molecule has 9 nitrogen and oxygen atoms in total. The monoisotopic (exact) mass is 327 g/mol. The Hall–Kier alpha value is -2.46. The molecule has 0 aromatic heterocycles. The summed E-state index contributed by atoms with van der Waals surface area (Å²) in [5, 5.41) is 8.96. The maximum Gasteiger partial charge on any atom is 0.352 e. The van der Waals surface area contributed by atoms with Crippen LogP contribution in [-0.4, -0.2) is 48.8 Å². The smallest absolute Gasteiger partial charge is 0.352 e. The summed E-state index contributed by atoms with van der Waals surface area (Å²) in [4.78, 5) is 26.9. The molecule has 0 saturated carbocycles. The number of carboxylic acid groups (broad SMARTS) is 1. The number of carbonyl (C=O) groups excluding carboxylic acids is 1. The van der Waals surface area contributed by atoms with Gasteiger partial charge in [-0.25, -0.2) is 9.79 Å². The molecule has 1 aliphatic heterocycles. The number of aliphatic carboxylic acids is 1. The van der Waals surface area contributed by atoms with Gasteiger partial charge >= 0.3 is 5.97 Å². The van der Waals surface area contributed by atoms with Crippen LogP contribution in [0.15, 0.2) is 22.0 Å². The van der Waals surface area contributed by atoms with Gasteiger partial charge in [-0.3, -0.25) is 9.35 Å². The molecule has 10 heteroatoms. The first-order valence-electron chi connectivity index (χ1n) is 6.06. The molecule has 0 saturated heterocycles. The van der Waals surface area contributed by atoms with Crippen LogP contribution in [0.2, 0.25) is 0 Å². The van der Waals surface area contributed by atoms with Crippen LogP contribution >= 0.6 is 0 Å². The Bertz CT molecular complexity index is 799.